The van der Waals surface area contributed by atoms with Crippen LogP contribution in [0.3, 0.4) is 0 Å². The Bertz CT molecular complexity index is 638. The lowest BCUT2D eigenvalue weighted by molar-refractivity contribution is 0.101. The molecule has 2 heterocycles. The molecule has 19 heavy (non-hydrogen) atoms. The van der Waals surface area contributed by atoms with Crippen molar-refractivity contribution in [1.29, 1.82) is 0 Å². The molecule has 2 aromatic heterocycles. The topological polar surface area (TPSA) is 59.8 Å². The van der Waals surface area contributed by atoms with Gasteiger partial charge in [-0.15, -0.1) is 0 Å². The summed E-state index contributed by atoms with van der Waals surface area (Å²) in [5, 5.41) is 2.94. The smallest absolute Gasteiger partial charge is 0.273 e. The van der Waals surface area contributed by atoms with Crippen LogP contribution in [0.5, 0.6) is 0 Å². The van der Waals surface area contributed by atoms with Gasteiger partial charge in [0.05, 0.1) is 12.4 Å². The van der Waals surface area contributed by atoms with Gasteiger partial charge < -0.3 is 9.88 Å². The van der Waals surface area contributed by atoms with E-state index in [1.165, 1.54) is 12.4 Å². The highest BCUT2D eigenvalue weighted by Crippen LogP contribution is 2.37. The van der Waals surface area contributed by atoms with Crippen molar-refractivity contribution in [2.24, 2.45) is 0 Å². The lowest BCUT2D eigenvalue weighted by atomic mass is 10.4. The Morgan fingerprint density at radius 2 is 2.26 bits per heavy atom. The molecule has 0 aromatic carbocycles. The van der Waals surface area contributed by atoms with Gasteiger partial charge in [-0.25, -0.2) is 4.98 Å². The third-order valence-corrected chi connectivity index (χ3v) is 3.45. The first kappa shape index (κ1) is 12.6. The number of nitrogens with zero attached hydrogens (tertiary/aromatic N) is 3. The number of carbonyl (C=O) groups excluding carboxylic acids is 1. The predicted molar refractivity (Wildman–Crippen MR) is 75.4 cm³/mol. The Morgan fingerprint density at radius 3 is 2.95 bits per heavy atom. The molecule has 3 rings (SSSR count). The van der Waals surface area contributed by atoms with E-state index < -0.39 is 0 Å². The summed E-state index contributed by atoms with van der Waals surface area (Å²) in [6.45, 7) is 0. The highest BCUT2D eigenvalue weighted by molar-refractivity contribution is 9.10. The van der Waals surface area contributed by atoms with E-state index in [9.17, 15) is 4.79 Å². The Kier molecular flexibility index (Phi) is 3.28. The number of hydrogen-bond donors (Lipinski definition) is 1. The third-order valence-electron chi connectivity index (χ3n) is 2.83. The lowest BCUT2D eigenvalue weighted by Gasteiger charge is -2.07. The van der Waals surface area contributed by atoms with E-state index >= 15 is 0 Å². The van der Waals surface area contributed by atoms with Crippen molar-refractivity contribution in [3.8, 4) is 0 Å². The van der Waals surface area contributed by atoms with E-state index in [0.717, 1.165) is 17.3 Å². The monoisotopic (exact) mass is 340 g/mol. The summed E-state index contributed by atoms with van der Waals surface area (Å²) < 4.78 is 2.87. The van der Waals surface area contributed by atoms with Crippen molar-refractivity contribution in [3.63, 3.8) is 0 Å². The van der Waals surface area contributed by atoms with E-state index in [-0.39, 0.29) is 11.1 Å². The van der Waals surface area contributed by atoms with Crippen LogP contribution in [-0.2, 0) is 0 Å². The molecule has 0 atom stereocenters. The zero-order valence-electron chi connectivity index (χ0n) is 9.81. The molecule has 0 radical (unpaired) electrons. The Labute approximate surface area is 123 Å². The summed E-state index contributed by atoms with van der Waals surface area (Å²) in [4.78, 5) is 20.1. The minimum atomic E-state index is -0.214. The number of aromatic nitrogens is 3. The van der Waals surface area contributed by atoms with Crippen LogP contribution in [0.2, 0.25) is 5.15 Å². The van der Waals surface area contributed by atoms with E-state index in [4.69, 9.17) is 11.6 Å². The molecular weight excluding hydrogens is 332 g/mol. The minimum Gasteiger partial charge on any atom is -0.339 e. The Hall–Kier alpha value is -1.40. The average Bonchev–Trinajstić information content (AvgIpc) is 3.12. The van der Waals surface area contributed by atoms with Crippen molar-refractivity contribution in [3.05, 3.63) is 40.0 Å². The van der Waals surface area contributed by atoms with Gasteiger partial charge in [-0.3, -0.25) is 9.78 Å². The van der Waals surface area contributed by atoms with Gasteiger partial charge in [-0.2, -0.15) is 0 Å². The molecule has 0 saturated heterocycles. The van der Waals surface area contributed by atoms with Crippen LogP contribution >= 0.6 is 27.5 Å². The van der Waals surface area contributed by atoms with Crippen LogP contribution in [0.25, 0.3) is 0 Å². The van der Waals surface area contributed by atoms with Crippen molar-refractivity contribution in [2.45, 2.75) is 18.9 Å². The summed E-state index contributed by atoms with van der Waals surface area (Å²) in [7, 11) is 0. The molecule has 0 bridgehead atoms. The fourth-order valence-electron chi connectivity index (χ4n) is 1.87. The number of rotatable bonds is 3. The van der Waals surface area contributed by atoms with Crippen molar-refractivity contribution in [1.82, 2.24) is 14.5 Å². The van der Waals surface area contributed by atoms with Crippen LogP contribution in [0.15, 0.2) is 29.1 Å². The van der Waals surface area contributed by atoms with Crippen LogP contribution in [0, 0.1) is 0 Å². The maximum Gasteiger partial charge on any atom is 0.273 e. The highest BCUT2D eigenvalue weighted by atomic mass is 79.9. The molecule has 1 aliphatic rings. The molecule has 1 saturated carbocycles. The van der Waals surface area contributed by atoms with Gasteiger partial charge in [-0.05, 0) is 34.8 Å². The standard InChI is InChI=1S/C12H10BrClN4O/c13-7-3-9(18(6-7)8-1-2-8)12(19)17-11-5-15-4-10(14)16-11/h3-6,8H,1-2H2,(H,16,17,19). The number of amides is 1. The number of carbonyl (C=O) groups is 1. The van der Waals surface area contributed by atoms with Gasteiger partial charge in [-0.1, -0.05) is 11.6 Å². The second-order valence-corrected chi connectivity index (χ2v) is 5.67. The Morgan fingerprint density at radius 1 is 1.47 bits per heavy atom. The first-order valence-electron chi connectivity index (χ1n) is 5.80. The normalized spacial score (nSPS) is 14.4. The number of hydrogen-bond acceptors (Lipinski definition) is 3. The fourth-order valence-corrected chi connectivity index (χ4v) is 2.45. The van der Waals surface area contributed by atoms with E-state index in [1.54, 1.807) is 6.07 Å². The summed E-state index contributed by atoms with van der Waals surface area (Å²) >= 11 is 9.13. The van der Waals surface area contributed by atoms with Gasteiger partial charge in [0.25, 0.3) is 5.91 Å². The quantitative estimate of drug-likeness (QED) is 0.932. The Balaban J connectivity index is 1.84. The minimum absolute atomic E-state index is 0.214. The van der Waals surface area contributed by atoms with E-state index in [2.05, 4.69) is 31.2 Å². The molecule has 5 nitrogen and oxygen atoms in total. The largest absolute Gasteiger partial charge is 0.339 e. The second kappa shape index (κ2) is 4.94. The van der Waals surface area contributed by atoms with Gasteiger partial charge in [0, 0.05) is 16.7 Å². The zero-order chi connectivity index (χ0) is 13.4. The molecule has 1 N–H and O–H groups in total. The van der Waals surface area contributed by atoms with Gasteiger partial charge in [0.15, 0.2) is 5.82 Å². The molecule has 0 aliphatic heterocycles. The van der Waals surface area contributed by atoms with E-state index in [1.807, 2.05) is 10.8 Å². The first-order valence-corrected chi connectivity index (χ1v) is 6.97. The maximum absolute atomic E-state index is 12.2. The average molecular weight is 342 g/mol. The summed E-state index contributed by atoms with van der Waals surface area (Å²) in [5.74, 6) is 0.131. The van der Waals surface area contributed by atoms with Gasteiger partial charge >= 0.3 is 0 Å². The first-order chi connectivity index (χ1) is 9.13. The van der Waals surface area contributed by atoms with Crippen molar-refractivity contribution in [2.75, 3.05) is 5.32 Å². The van der Waals surface area contributed by atoms with Crippen molar-refractivity contribution >= 4 is 39.3 Å². The van der Waals surface area contributed by atoms with Crippen LogP contribution in [0.4, 0.5) is 5.82 Å². The third kappa shape index (κ3) is 2.79. The van der Waals surface area contributed by atoms with E-state index in [0.29, 0.717) is 17.6 Å². The molecule has 0 spiro atoms. The second-order valence-electron chi connectivity index (χ2n) is 4.36. The molecule has 98 valence electrons. The van der Waals surface area contributed by atoms with Crippen LogP contribution < -0.4 is 5.32 Å². The number of nitrogens with one attached hydrogen (secondary N) is 1. The maximum atomic E-state index is 12.2. The molecular formula is C12H10BrClN4O. The number of halogens is 2. The molecule has 1 fully saturated rings. The lowest BCUT2D eigenvalue weighted by Crippen LogP contribution is -2.17. The zero-order valence-corrected chi connectivity index (χ0v) is 12.1. The summed E-state index contributed by atoms with van der Waals surface area (Å²) in [6, 6.07) is 2.23. The molecule has 1 amide bonds. The van der Waals surface area contributed by atoms with Gasteiger partial charge in [0.2, 0.25) is 0 Å². The molecule has 7 heteroatoms. The highest BCUT2D eigenvalue weighted by Gasteiger charge is 2.27. The molecule has 2 aromatic rings. The molecule has 0 unspecified atom stereocenters. The molecule has 1 aliphatic carbocycles. The predicted octanol–water partition coefficient (Wildman–Crippen LogP) is 3.28. The van der Waals surface area contributed by atoms with Crippen molar-refractivity contribution < 1.29 is 4.79 Å². The summed E-state index contributed by atoms with van der Waals surface area (Å²) in [6.07, 6.45) is 7.02. The fraction of sp³-hybridized carbons (Fsp3) is 0.250. The van der Waals surface area contributed by atoms with Gasteiger partial charge in [0.1, 0.15) is 10.8 Å². The number of anilines is 1. The van der Waals surface area contributed by atoms with Crippen LogP contribution in [0.1, 0.15) is 29.4 Å². The van der Waals surface area contributed by atoms with Crippen LogP contribution in [-0.4, -0.2) is 20.4 Å². The SMILES string of the molecule is O=C(Nc1cncc(Cl)n1)c1cc(Br)cn1C1CC1. The summed E-state index contributed by atoms with van der Waals surface area (Å²) in [5.41, 5.74) is 0.608.